The molecule has 1 aliphatic carbocycles. The predicted molar refractivity (Wildman–Crippen MR) is 116 cm³/mol. The summed E-state index contributed by atoms with van der Waals surface area (Å²) < 4.78 is 16.9. The van der Waals surface area contributed by atoms with Crippen LogP contribution in [-0.4, -0.2) is 65.7 Å². The molecule has 0 spiro atoms. The van der Waals surface area contributed by atoms with E-state index >= 15 is 0 Å². The zero-order chi connectivity index (χ0) is 22.1. The molecule has 1 saturated heterocycles. The molecule has 0 radical (unpaired) electrons. The van der Waals surface area contributed by atoms with Crippen molar-refractivity contribution in [2.45, 2.75) is 62.6 Å². The largest absolute Gasteiger partial charge is 0.496 e. The van der Waals surface area contributed by atoms with Crippen molar-refractivity contribution in [3.05, 3.63) is 44.6 Å². The number of methoxy groups -OCH3 is 2. The van der Waals surface area contributed by atoms with Crippen LogP contribution >= 0.6 is 11.3 Å². The van der Waals surface area contributed by atoms with Crippen LogP contribution in [0.5, 0.6) is 11.5 Å². The van der Waals surface area contributed by atoms with Gasteiger partial charge in [-0.1, -0.05) is 0 Å². The van der Waals surface area contributed by atoms with E-state index in [-0.39, 0.29) is 0 Å². The van der Waals surface area contributed by atoms with Crippen molar-refractivity contribution in [1.29, 1.82) is 0 Å². The molecule has 0 amide bonds. The first-order chi connectivity index (χ1) is 15.0. The van der Waals surface area contributed by atoms with Gasteiger partial charge in [-0.25, -0.2) is 0 Å². The van der Waals surface area contributed by atoms with Gasteiger partial charge in [0, 0.05) is 27.8 Å². The molecule has 1 aliphatic heterocycles. The number of thiophene rings is 1. The highest BCUT2D eigenvalue weighted by Gasteiger charge is 2.45. The summed E-state index contributed by atoms with van der Waals surface area (Å²) in [5.41, 5.74) is 2.89. The Hall–Kier alpha value is -1.68. The van der Waals surface area contributed by atoms with E-state index in [1.54, 1.807) is 13.2 Å². The number of fused-ring (bicyclic) bond motifs is 1. The summed E-state index contributed by atoms with van der Waals surface area (Å²) in [4.78, 5) is 2.71. The summed E-state index contributed by atoms with van der Waals surface area (Å²) in [6, 6.07) is 5.89. The molecule has 31 heavy (non-hydrogen) atoms. The Morgan fingerprint density at radius 2 is 1.71 bits per heavy atom. The second-order valence-corrected chi connectivity index (χ2v) is 9.42. The molecular formula is C23H30O7S. The normalized spacial score (nSPS) is 28.3. The van der Waals surface area contributed by atoms with E-state index < -0.39 is 37.1 Å². The molecule has 4 N–H and O–H groups in total. The van der Waals surface area contributed by atoms with Crippen molar-refractivity contribution >= 4 is 11.3 Å². The van der Waals surface area contributed by atoms with Crippen molar-refractivity contribution in [2.75, 3.05) is 20.8 Å². The number of aliphatic hydroxyl groups is 4. The van der Waals surface area contributed by atoms with E-state index in [1.165, 1.54) is 35.3 Å². The molecular weight excluding hydrogens is 420 g/mol. The third-order valence-electron chi connectivity index (χ3n) is 6.24. The third-order valence-corrected chi connectivity index (χ3v) is 7.48. The standard InChI is InChI=1S/C23H30O7S/c1-28-16-10-17(29-2)15(23-22(27)21(26)20(25)18(11-24)30-23)9-13(16)8-14-7-12-5-3-4-6-19(12)31-14/h7,9-10,18,20-27H,3-6,8,11H2,1-2H3/t18-,20-,21+,22-,23+/m1/s1. The van der Waals surface area contributed by atoms with E-state index in [2.05, 4.69) is 6.07 Å². The zero-order valence-electron chi connectivity index (χ0n) is 17.8. The van der Waals surface area contributed by atoms with Gasteiger partial charge >= 0.3 is 0 Å². The molecule has 2 heterocycles. The molecule has 8 heteroatoms. The van der Waals surface area contributed by atoms with Gasteiger partial charge in [-0.15, -0.1) is 11.3 Å². The van der Waals surface area contributed by atoms with Crippen molar-refractivity contribution < 1.29 is 34.6 Å². The van der Waals surface area contributed by atoms with E-state index in [9.17, 15) is 20.4 Å². The van der Waals surface area contributed by atoms with Crippen LogP contribution in [0.4, 0.5) is 0 Å². The Morgan fingerprint density at radius 3 is 2.39 bits per heavy atom. The van der Waals surface area contributed by atoms with Crippen molar-refractivity contribution in [3.63, 3.8) is 0 Å². The molecule has 170 valence electrons. The minimum absolute atomic E-state index is 0.440. The van der Waals surface area contributed by atoms with E-state index in [0.29, 0.717) is 23.5 Å². The van der Waals surface area contributed by atoms with Gasteiger partial charge in [-0.3, -0.25) is 0 Å². The van der Waals surface area contributed by atoms with Gasteiger partial charge in [0.05, 0.1) is 20.8 Å². The average Bonchev–Trinajstić information content (AvgIpc) is 3.20. The summed E-state index contributed by atoms with van der Waals surface area (Å²) >= 11 is 1.83. The molecule has 1 aromatic carbocycles. The molecule has 7 nitrogen and oxygen atoms in total. The lowest BCUT2D eigenvalue weighted by Crippen LogP contribution is -2.55. The first-order valence-electron chi connectivity index (χ1n) is 10.6. The lowest BCUT2D eigenvalue weighted by atomic mass is 9.89. The summed E-state index contributed by atoms with van der Waals surface area (Å²) in [6.45, 7) is -0.479. The number of aliphatic hydroxyl groups excluding tert-OH is 4. The van der Waals surface area contributed by atoms with Gasteiger partial charge in [0.1, 0.15) is 42.0 Å². The smallest absolute Gasteiger partial charge is 0.128 e. The lowest BCUT2D eigenvalue weighted by Gasteiger charge is -2.40. The second-order valence-electron chi connectivity index (χ2n) is 8.20. The Bertz CT molecular complexity index is 886. The Kier molecular flexibility index (Phi) is 6.86. The van der Waals surface area contributed by atoms with Crippen LogP contribution in [0.15, 0.2) is 18.2 Å². The fourth-order valence-corrected chi connectivity index (χ4v) is 5.82. The lowest BCUT2D eigenvalue weighted by molar-refractivity contribution is -0.232. The Balaban J connectivity index is 1.70. The highest BCUT2D eigenvalue weighted by Crippen LogP contribution is 2.41. The molecule has 2 aromatic rings. The highest BCUT2D eigenvalue weighted by molar-refractivity contribution is 7.12. The van der Waals surface area contributed by atoms with E-state index in [4.69, 9.17) is 14.2 Å². The molecule has 4 rings (SSSR count). The fraction of sp³-hybridized carbons (Fsp3) is 0.565. The number of ether oxygens (including phenoxy) is 3. The van der Waals surface area contributed by atoms with Gasteiger partial charge in [0.2, 0.25) is 0 Å². The molecule has 1 fully saturated rings. The number of aryl methyl sites for hydroxylation is 2. The number of rotatable bonds is 6. The quantitative estimate of drug-likeness (QED) is 0.531. The number of benzene rings is 1. The maximum atomic E-state index is 10.6. The summed E-state index contributed by atoms with van der Waals surface area (Å²) in [7, 11) is 3.11. The maximum Gasteiger partial charge on any atom is 0.128 e. The minimum atomic E-state index is -1.45. The van der Waals surface area contributed by atoms with Gasteiger partial charge in [-0.2, -0.15) is 0 Å². The van der Waals surface area contributed by atoms with Crippen LogP contribution in [0.3, 0.4) is 0 Å². The van der Waals surface area contributed by atoms with Crippen molar-refractivity contribution in [1.82, 2.24) is 0 Å². The van der Waals surface area contributed by atoms with Gasteiger partial charge in [0.25, 0.3) is 0 Å². The van der Waals surface area contributed by atoms with Crippen LogP contribution in [-0.2, 0) is 24.0 Å². The van der Waals surface area contributed by atoms with Crippen molar-refractivity contribution in [2.24, 2.45) is 0 Å². The maximum absolute atomic E-state index is 10.6. The molecule has 5 atom stereocenters. The Labute approximate surface area is 185 Å². The summed E-state index contributed by atoms with van der Waals surface area (Å²) in [5, 5.41) is 40.5. The molecule has 0 unspecified atom stereocenters. The van der Waals surface area contributed by atoms with Crippen molar-refractivity contribution in [3.8, 4) is 11.5 Å². The van der Waals surface area contributed by atoms with Crippen LogP contribution < -0.4 is 9.47 Å². The van der Waals surface area contributed by atoms with Crippen LogP contribution in [0.25, 0.3) is 0 Å². The van der Waals surface area contributed by atoms with Crippen LogP contribution in [0.2, 0.25) is 0 Å². The highest BCUT2D eigenvalue weighted by atomic mass is 32.1. The Morgan fingerprint density at radius 1 is 0.968 bits per heavy atom. The minimum Gasteiger partial charge on any atom is -0.496 e. The first kappa shape index (κ1) is 22.5. The van der Waals surface area contributed by atoms with Gasteiger partial charge in [0.15, 0.2) is 0 Å². The third kappa shape index (κ3) is 4.33. The second kappa shape index (κ2) is 9.44. The number of hydrogen-bond donors (Lipinski definition) is 4. The topological polar surface area (TPSA) is 109 Å². The van der Waals surface area contributed by atoms with Gasteiger partial charge in [-0.05, 0) is 48.9 Å². The molecule has 2 aliphatic rings. The molecule has 0 saturated carbocycles. The van der Waals surface area contributed by atoms with E-state index in [0.717, 1.165) is 18.4 Å². The predicted octanol–water partition coefficient (Wildman–Crippen LogP) is 1.75. The molecule has 1 aromatic heterocycles. The van der Waals surface area contributed by atoms with Crippen LogP contribution in [0, 0.1) is 0 Å². The summed E-state index contributed by atoms with van der Waals surface area (Å²) in [5.74, 6) is 1.10. The monoisotopic (exact) mass is 450 g/mol. The average molecular weight is 451 g/mol. The fourth-order valence-electron chi connectivity index (χ4n) is 4.54. The zero-order valence-corrected chi connectivity index (χ0v) is 18.6. The van der Waals surface area contributed by atoms with Crippen LogP contribution in [0.1, 0.15) is 45.4 Å². The van der Waals surface area contributed by atoms with E-state index in [1.807, 2.05) is 17.4 Å². The molecule has 0 bridgehead atoms. The first-order valence-corrected chi connectivity index (χ1v) is 11.4. The van der Waals surface area contributed by atoms with Gasteiger partial charge < -0.3 is 34.6 Å². The SMILES string of the molecule is COc1cc(OC)c([C@@H]2O[C@H](CO)[C@@H](O)[C@H](O)[C@H]2O)cc1Cc1cc2c(s1)CCCC2. The number of hydrogen-bond acceptors (Lipinski definition) is 8. The summed E-state index contributed by atoms with van der Waals surface area (Å²) in [6.07, 6.45) is -0.785.